The van der Waals surface area contributed by atoms with Gasteiger partial charge in [0.15, 0.2) is 0 Å². The Labute approximate surface area is 224 Å². The molecule has 3 aromatic carbocycles. The first-order chi connectivity index (χ1) is 17.5. The first kappa shape index (κ1) is 29.7. The number of alkyl halides is 3. The average molecular weight is 571 g/mol. The van der Waals surface area contributed by atoms with Crippen molar-refractivity contribution in [3.05, 3.63) is 72.8 Å². The van der Waals surface area contributed by atoms with Crippen molar-refractivity contribution in [2.75, 3.05) is 38.0 Å². The first-order valence-corrected chi connectivity index (χ1v) is 14.6. The first-order valence-electron chi connectivity index (χ1n) is 11.7. The van der Waals surface area contributed by atoms with Crippen molar-refractivity contribution in [2.24, 2.45) is 0 Å². The Hall–Kier alpha value is -2.89. The molecular formula is C27H33F3N2O4S2. The van der Waals surface area contributed by atoms with Gasteiger partial charge in [0.1, 0.15) is 11.4 Å². The topological polar surface area (TPSA) is 59.1 Å². The van der Waals surface area contributed by atoms with E-state index in [1.54, 1.807) is 72.8 Å². The molecule has 0 spiro atoms. The number of hydrogen-bond donors (Lipinski definition) is 0. The minimum Gasteiger partial charge on any atom is -0.488 e. The molecule has 3 rings (SSSR count). The molecule has 0 fully saturated rings. The highest BCUT2D eigenvalue weighted by atomic mass is 32.3. The third-order valence-corrected chi connectivity index (χ3v) is 10.3. The van der Waals surface area contributed by atoms with E-state index in [-0.39, 0.29) is 14.7 Å². The van der Waals surface area contributed by atoms with E-state index >= 15 is 0 Å². The Morgan fingerprint density at radius 2 is 1.13 bits per heavy atom. The fraction of sp³-hybridized carbons (Fsp3) is 0.333. The standard InChI is InChI=1S/C27H33F3N2O4S2/c1-26(2,3)35-22-9-8-10-25(19-22)37(36-38(33,34)27(28,29)30,23-15-11-20(12-16-23)31(4)5)24-17-13-21(14-18-24)32(6)7/h8-19H,1-7H3. The monoisotopic (exact) mass is 570 g/mol. The van der Waals surface area contributed by atoms with Crippen LogP contribution < -0.4 is 14.5 Å². The van der Waals surface area contributed by atoms with Gasteiger partial charge in [-0.25, -0.2) is 0 Å². The van der Waals surface area contributed by atoms with Gasteiger partial charge in [0.2, 0.25) is 0 Å². The van der Waals surface area contributed by atoms with Crippen molar-refractivity contribution < 1.29 is 30.0 Å². The number of anilines is 2. The quantitative estimate of drug-likeness (QED) is 0.270. The molecule has 11 heteroatoms. The Bertz CT molecular complexity index is 1300. The van der Waals surface area contributed by atoms with Crippen molar-refractivity contribution in [3.63, 3.8) is 0 Å². The molecule has 38 heavy (non-hydrogen) atoms. The molecular weight excluding hydrogens is 537 g/mol. The largest absolute Gasteiger partial charge is 0.524 e. The molecule has 0 unspecified atom stereocenters. The summed E-state index contributed by atoms with van der Waals surface area (Å²) in [5, 5.41) is 0. The van der Waals surface area contributed by atoms with Gasteiger partial charge in [-0.05, 0) is 97.8 Å². The predicted octanol–water partition coefficient (Wildman–Crippen LogP) is 7.06. The van der Waals surface area contributed by atoms with Gasteiger partial charge in [-0.2, -0.15) is 25.2 Å². The van der Waals surface area contributed by atoms with Gasteiger partial charge in [0.05, 0.1) is 0 Å². The molecule has 3 aromatic rings. The Kier molecular flexibility index (Phi) is 8.35. The molecule has 0 N–H and O–H groups in total. The molecule has 0 bridgehead atoms. The molecule has 0 aromatic heterocycles. The minimum atomic E-state index is -6.03. The van der Waals surface area contributed by atoms with Gasteiger partial charge in [-0.15, -0.1) is 0 Å². The molecule has 0 aliphatic heterocycles. The van der Waals surface area contributed by atoms with Crippen molar-refractivity contribution in [1.29, 1.82) is 0 Å². The van der Waals surface area contributed by atoms with Crippen LogP contribution in [0, 0.1) is 0 Å². The Morgan fingerprint density at radius 3 is 1.50 bits per heavy atom. The summed E-state index contributed by atoms with van der Waals surface area (Å²) in [5.74, 6) is 0.370. The fourth-order valence-corrected chi connectivity index (χ4v) is 8.37. The molecule has 0 saturated heterocycles. The van der Waals surface area contributed by atoms with Gasteiger partial charge in [0, 0.05) is 54.3 Å². The van der Waals surface area contributed by atoms with Gasteiger partial charge in [0.25, 0.3) is 0 Å². The Morgan fingerprint density at radius 1 is 0.684 bits per heavy atom. The maximum absolute atomic E-state index is 13.8. The number of ether oxygens (including phenoxy) is 1. The summed E-state index contributed by atoms with van der Waals surface area (Å²) in [6, 6.07) is 19.7. The third-order valence-electron chi connectivity index (χ3n) is 5.41. The number of benzene rings is 3. The number of rotatable bonds is 8. The lowest BCUT2D eigenvalue weighted by molar-refractivity contribution is -0.0496. The van der Waals surface area contributed by atoms with Crippen molar-refractivity contribution >= 4 is 31.8 Å². The van der Waals surface area contributed by atoms with Crippen LogP contribution in [0.25, 0.3) is 0 Å². The van der Waals surface area contributed by atoms with E-state index in [1.165, 1.54) is 0 Å². The number of halogens is 3. The van der Waals surface area contributed by atoms with Crippen LogP contribution in [-0.2, 0) is 13.7 Å². The van der Waals surface area contributed by atoms with Crippen LogP contribution in [0.2, 0.25) is 0 Å². The zero-order chi connectivity index (χ0) is 28.5. The van der Waals surface area contributed by atoms with Crippen LogP contribution in [0.15, 0.2) is 87.5 Å². The fourth-order valence-electron chi connectivity index (χ4n) is 3.64. The Balaban J connectivity index is 2.41. The highest BCUT2D eigenvalue weighted by Gasteiger charge is 2.52. The van der Waals surface area contributed by atoms with Gasteiger partial charge >= 0.3 is 15.6 Å². The minimum absolute atomic E-state index is 0.238. The molecule has 6 nitrogen and oxygen atoms in total. The second kappa shape index (κ2) is 10.7. The van der Waals surface area contributed by atoms with E-state index in [1.807, 2.05) is 58.8 Å². The highest BCUT2D eigenvalue weighted by Crippen LogP contribution is 2.71. The van der Waals surface area contributed by atoms with Crippen LogP contribution in [0.4, 0.5) is 24.5 Å². The molecule has 0 aliphatic rings. The molecule has 208 valence electrons. The summed E-state index contributed by atoms with van der Waals surface area (Å²) in [6.45, 7) is 5.51. The zero-order valence-corrected chi connectivity index (χ0v) is 24.0. The summed E-state index contributed by atoms with van der Waals surface area (Å²) >= 11 is 0. The van der Waals surface area contributed by atoms with Crippen molar-refractivity contribution in [1.82, 2.24) is 0 Å². The summed E-state index contributed by atoms with van der Waals surface area (Å²) in [4.78, 5) is 4.46. The van der Waals surface area contributed by atoms with Crippen LogP contribution in [0.3, 0.4) is 0 Å². The summed E-state index contributed by atoms with van der Waals surface area (Å²) in [5.41, 5.74) is -4.66. The zero-order valence-electron chi connectivity index (χ0n) is 22.4. The lowest BCUT2D eigenvalue weighted by atomic mass is 10.2. The predicted molar refractivity (Wildman–Crippen MR) is 147 cm³/mol. The van der Waals surface area contributed by atoms with E-state index in [0.29, 0.717) is 5.75 Å². The lowest BCUT2D eigenvalue weighted by Gasteiger charge is -2.40. The summed E-state index contributed by atoms with van der Waals surface area (Å²) in [7, 11) is -2.18. The maximum atomic E-state index is 13.8. The second-order valence-corrected chi connectivity index (χ2v) is 14.4. The highest BCUT2D eigenvalue weighted by molar-refractivity contribution is 8.33. The second-order valence-electron chi connectivity index (χ2n) is 9.99. The number of nitrogens with zero attached hydrogens (tertiary/aromatic N) is 2. The average Bonchev–Trinajstić information content (AvgIpc) is 2.81. The van der Waals surface area contributed by atoms with E-state index in [9.17, 15) is 21.6 Å². The SMILES string of the molecule is CN(C)c1ccc(S(OS(=O)(=O)C(F)(F)F)(c2ccc(N(C)C)cc2)c2cccc(OC(C)(C)C)c2)cc1. The lowest BCUT2D eigenvalue weighted by Crippen LogP contribution is -2.27. The van der Waals surface area contributed by atoms with E-state index < -0.39 is 31.5 Å². The smallest absolute Gasteiger partial charge is 0.488 e. The van der Waals surface area contributed by atoms with E-state index in [2.05, 4.69) is 0 Å². The molecule has 0 heterocycles. The maximum Gasteiger partial charge on any atom is 0.524 e. The number of hydrogen-bond acceptors (Lipinski definition) is 6. The normalized spacial score (nSPS) is 13.2. The van der Waals surface area contributed by atoms with Crippen molar-refractivity contribution in [2.45, 2.75) is 46.6 Å². The summed E-state index contributed by atoms with van der Waals surface area (Å²) in [6.07, 6.45) is 0. The third kappa shape index (κ3) is 6.39. The molecule has 0 aliphatic carbocycles. The molecule has 0 radical (unpaired) electrons. The summed E-state index contributed by atoms with van der Waals surface area (Å²) < 4.78 is 78.2. The van der Waals surface area contributed by atoms with E-state index in [4.69, 9.17) is 8.37 Å². The van der Waals surface area contributed by atoms with Crippen LogP contribution >= 0.6 is 10.3 Å². The van der Waals surface area contributed by atoms with Gasteiger partial charge in [-0.3, -0.25) is 0 Å². The van der Waals surface area contributed by atoms with Gasteiger partial charge in [-0.1, -0.05) is 6.07 Å². The molecule has 0 saturated carbocycles. The molecule has 0 amide bonds. The van der Waals surface area contributed by atoms with Gasteiger partial charge < -0.3 is 14.5 Å². The van der Waals surface area contributed by atoms with Crippen molar-refractivity contribution in [3.8, 4) is 5.75 Å². The van der Waals surface area contributed by atoms with Crippen LogP contribution in [0.1, 0.15) is 20.8 Å². The molecule has 0 atom stereocenters. The van der Waals surface area contributed by atoms with E-state index in [0.717, 1.165) is 11.4 Å². The van der Waals surface area contributed by atoms with Crippen LogP contribution in [0.5, 0.6) is 5.75 Å². The van der Waals surface area contributed by atoms with Crippen LogP contribution in [-0.4, -0.2) is 47.7 Å².